The normalized spacial score (nSPS) is 24.3. The summed E-state index contributed by atoms with van der Waals surface area (Å²) in [4.78, 5) is 22.2. The van der Waals surface area contributed by atoms with Gasteiger partial charge in [0.05, 0.1) is 6.10 Å². The number of carboxylic acids is 1. The second kappa shape index (κ2) is 4.48. The summed E-state index contributed by atoms with van der Waals surface area (Å²) in [5.74, 6) is -5.60. The number of hydrogen-bond acceptors (Lipinski definition) is 4. The standard InChI is InChI=1S/C9H11F3N2O4/c1-4(2)18-9(7(16)17)13-5(8(10,11)12)3-6(15)14-9/h3-4,13H,1-2H3,(H,14,15)(H,16,17). The molecule has 1 heterocycles. The third-order valence-electron chi connectivity index (χ3n) is 1.90. The second-order valence-electron chi connectivity index (χ2n) is 3.82. The molecule has 0 radical (unpaired) electrons. The minimum Gasteiger partial charge on any atom is -0.476 e. The molecule has 0 aromatic carbocycles. The van der Waals surface area contributed by atoms with Crippen molar-refractivity contribution in [1.29, 1.82) is 0 Å². The van der Waals surface area contributed by atoms with Crippen molar-refractivity contribution in [3.8, 4) is 0 Å². The van der Waals surface area contributed by atoms with E-state index in [4.69, 9.17) is 9.84 Å². The molecule has 1 unspecified atom stereocenters. The molecule has 0 aliphatic carbocycles. The smallest absolute Gasteiger partial charge is 0.431 e. The molecule has 0 saturated carbocycles. The Morgan fingerprint density at radius 2 is 2.00 bits per heavy atom. The van der Waals surface area contributed by atoms with E-state index in [0.29, 0.717) is 0 Å². The Balaban J connectivity index is 3.14. The highest BCUT2D eigenvalue weighted by atomic mass is 19.4. The first-order valence-corrected chi connectivity index (χ1v) is 4.87. The Labute approximate surface area is 99.8 Å². The number of carbonyl (C=O) groups is 2. The molecule has 1 aliphatic heterocycles. The van der Waals surface area contributed by atoms with Crippen LogP contribution in [-0.4, -0.2) is 35.1 Å². The first-order chi connectivity index (χ1) is 8.07. The number of nitrogens with one attached hydrogen (secondary N) is 2. The highest BCUT2D eigenvalue weighted by Gasteiger charge is 2.50. The Kier molecular flexibility index (Phi) is 3.56. The van der Waals surface area contributed by atoms with Crippen molar-refractivity contribution in [3.05, 3.63) is 11.8 Å². The zero-order chi connectivity index (χ0) is 14.1. The van der Waals surface area contributed by atoms with Gasteiger partial charge in [0.25, 0.3) is 0 Å². The number of amides is 1. The van der Waals surface area contributed by atoms with Crippen molar-refractivity contribution < 1.29 is 32.6 Å². The van der Waals surface area contributed by atoms with Crippen LogP contribution in [0.5, 0.6) is 0 Å². The van der Waals surface area contributed by atoms with Crippen LogP contribution in [0.3, 0.4) is 0 Å². The van der Waals surface area contributed by atoms with Gasteiger partial charge in [-0.25, -0.2) is 4.79 Å². The van der Waals surface area contributed by atoms with E-state index in [1.807, 2.05) is 5.32 Å². The predicted octanol–water partition coefficient (Wildman–Crippen LogP) is 0.315. The molecule has 18 heavy (non-hydrogen) atoms. The van der Waals surface area contributed by atoms with E-state index in [9.17, 15) is 22.8 Å². The lowest BCUT2D eigenvalue weighted by atomic mass is 10.2. The maximum atomic E-state index is 12.5. The number of ether oxygens (including phenoxy) is 1. The zero-order valence-corrected chi connectivity index (χ0v) is 9.46. The zero-order valence-electron chi connectivity index (χ0n) is 9.46. The molecule has 0 fully saturated rings. The molecule has 0 saturated heterocycles. The van der Waals surface area contributed by atoms with Crippen molar-refractivity contribution in [3.63, 3.8) is 0 Å². The number of allylic oxidation sites excluding steroid dienone is 1. The molecular formula is C9H11F3N2O4. The molecule has 3 N–H and O–H groups in total. The van der Waals surface area contributed by atoms with Gasteiger partial charge in [0, 0.05) is 6.08 Å². The maximum absolute atomic E-state index is 12.5. The average molecular weight is 268 g/mol. The third-order valence-corrected chi connectivity index (χ3v) is 1.90. The monoisotopic (exact) mass is 268 g/mol. The molecule has 1 amide bonds. The van der Waals surface area contributed by atoms with Crippen LogP contribution < -0.4 is 10.6 Å². The number of halogens is 3. The van der Waals surface area contributed by atoms with Gasteiger partial charge >= 0.3 is 18.0 Å². The van der Waals surface area contributed by atoms with Crippen molar-refractivity contribution in [1.82, 2.24) is 10.6 Å². The summed E-state index contributed by atoms with van der Waals surface area (Å²) in [6.45, 7) is 2.84. The van der Waals surface area contributed by atoms with E-state index in [1.54, 1.807) is 5.32 Å². The van der Waals surface area contributed by atoms with Crippen LogP contribution in [0.25, 0.3) is 0 Å². The van der Waals surface area contributed by atoms with Crippen LogP contribution in [-0.2, 0) is 14.3 Å². The maximum Gasteiger partial charge on any atom is 0.431 e. The molecular weight excluding hydrogens is 257 g/mol. The highest BCUT2D eigenvalue weighted by molar-refractivity contribution is 5.94. The summed E-state index contributed by atoms with van der Waals surface area (Å²) in [6.07, 6.45) is -5.37. The van der Waals surface area contributed by atoms with Gasteiger partial charge in [0.2, 0.25) is 5.91 Å². The second-order valence-corrected chi connectivity index (χ2v) is 3.82. The van der Waals surface area contributed by atoms with Gasteiger partial charge in [-0.2, -0.15) is 13.2 Å². The lowest BCUT2D eigenvalue weighted by Crippen LogP contribution is -2.69. The van der Waals surface area contributed by atoms with Gasteiger partial charge < -0.3 is 15.2 Å². The van der Waals surface area contributed by atoms with E-state index in [0.717, 1.165) is 0 Å². The molecule has 0 bridgehead atoms. The molecule has 0 spiro atoms. The molecule has 6 nitrogen and oxygen atoms in total. The van der Waals surface area contributed by atoms with E-state index in [1.165, 1.54) is 13.8 Å². The number of alkyl halides is 3. The van der Waals surface area contributed by atoms with E-state index >= 15 is 0 Å². The summed E-state index contributed by atoms with van der Waals surface area (Å²) in [7, 11) is 0. The fraction of sp³-hybridized carbons (Fsp3) is 0.556. The Bertz CT molecular complexity index is 405. The van der Waals surface area contributed by atoms with Crippen LogP contribution in [0.15, 0.2) is 11.8 Å². The largest absolute Gasteiger partial charge is 0.476 e. The fourth-order valence-corrected chi connectivity index (χ4v) is 1.32. The fourth-order valence-electron chi connectivity index (χ4n) is 1.32. The lowest BCUT2D eigenvalue weighted by molar-refractivity contribution is -0.192. The number of carboxylic acid groups (broad SMARTS) is 1. The number of hydrogen-bond donors (Lipinski definition) is 3. The summed E-state index contributed by atoms with van der Waals surface area (Å²) in [5, 5.41) is 12.4. The van der Waals surface area contributed by atoms with Gasteiger partial charge in [-0.15, -0.1) is 0 Å². The summed E-state index contributed by atoms with van der Waals surface area (Å²) in [6, 6.07) is 0. The molecule has 1 aliphatic rings. The van der Waals surface area contributed by atoms with Crippen molar-refractivity contribution >= 4 is 11.9 Å². The van der Waals surface area contributed by atoms with Crippen molar-refractivity contribution in [2.75, 3.05) is 0 Å². The Morgan fingerprint density at radius 1 is 1.44 bits per heavy atom. The van der Waals surface area contributed by atoms with Crippen molar-refractivity contribution in [2.45, 2.75) is 32.0 Å². The number of aliphatic carboxylic acids is 1. The van der Waals surface area contributed by atoms with Gasteiger partial charge in [0.15, 0.2) is 0 Å². The van der Waals surface area contributed by atoms with Crippen LogP contribution >= 0.6 is 0 Å². The quantitative estimate of drug-likeness (QED) is 0.686. The van der Waals surface area contributed by atoms with Gasteiger partial charge in [-0.3, -0.25) is 10.1 Å². The third kappa shape index (κ3) is 2.92. The molecule has 1 atom stereocenters. The lowest BCUT2D eigenvalue weighted by Gasteiger charge is -2.36. The minimum atomic E-state index is -4.88. The molecule has 1 rings (SSSR count). The first kappa shape index (κ1) is 14.3. The summed E-state index contributed by atoms with van der Waals surface area (Å²) in [5.41, 5.74) is -1.48. The molecule has 102 valence electrons. The average Bonchev–Trinajstić information content (AvgIpc) is 2.13. The first-order valence-electron chi connectivity index (χ1n) is 4.87. The van der Waals surface area contributed by atoms with Crippen LogP contribution in [0.4, 0.5) is 13.2 Å². The SMILES string of the molecule is CC(C)OC1(C(=O)O)NC(=O)C=C(C(F)(F)F)N1. The van der Waals surface area contributed by atoms with Crippen LogP contribution in [0.2, 0.25) is 0 Å². The van der Waals surface area contributed by atoms with E-state index < -0.39 is 35.7 Å². The number of rotatable bonds is 3. The molecule has 0 aromatic heterocycles. The van der Waals surface area contributed by atoms with Gasteiger partial charge in [0.1, 0.15) is 5.70 Å². The predicted molar refractivity (Wildman–Crippen MR) is 52.0 cm³/mol. The van der Waals surface area contributed by atoms with E-state index in [2.05, 4.69) is 0 Å². The summed E-state index contributed by atoms with van der Waals surface area (Å²) < 4.78 is 42.4. The van der Waals surface area contributed by atoms with Gasteiger partial charge in [-0.1, -0.05) is 0 Å². The minimum absolute atomic E-state index is 0.227. The topological polar surface area (TPSA) is 87.7 Å². The Morgan fingerprint density at radius 3 is 2.39 bits per heavy atom. The summed E-state index contributed by atoms with van der Waals surface area (Å²) >= 11 is 0. The van der Waals surface area contributed by atoms with Crippen LogP contribution in [0, 0.1) is 0 Å². The Hall–Kier alpha value is -1.77. The van der Waals surface area contributed by atoms with E-state index in [-0.39, 0.29) is 6.08 Å². The molecule has 9 heteroatoms. The van der Waals surface area contributed by atoms with Crippen molar-refractivity contribution in [2.24, 2.45) is 0 Å². The number of carbonyl (C=O) groups excluding carboxylic acids is 1. The highest BCUT2D eigenvalue weighted by Crippen LogP contribution is 2.27. The molecule has 0 aromatic rings. The van der Waals surface area contributed by atoms with Crippen LogP contribution in [0.1, 0.15) is 13.8 Å². The van der Waals surface area contributed by atoms with Gasteiger partial charge in [-0.05, 0) is 13.8 Å².